The summed E-state index contributed by atoms with van der Waals surface area (Å²) in [5.41, 5.74) is 1.12. The summed E-state index contributed by atoms with van der Waals surface area (Å²) in [7, 11) is -4.03. The van der Waals surface area contributed by atoms with E-state index in [4.69, 9.17) is 11.6 Å². The van der Waals surface area contributed by atoms with E-state index in [0.29, 0.717) is 23.5 Å². The summed E-state index contributed by atoms with van der Waals surface area (Å²) in [5, 5.41) is 10.8. The summed E-state index contributed by atoms with van der Waals surface area (Å²) in [6.45, 7) is 0.291. The van der Waals surface area contributed by atoms with Gasteiger partial charge in [0.15, 0.2) is 0 Å². The molecule has 0 radical (unpaired) electrons. The number of anilines is 2. The van der Waals surface area contributed by atoms with Gasteiger partial charge in [0.2, 0.25) is 5.91 Å². The maximum absolute atomic E-state index is 13.6. The second kappa shape index (κ2) is 8.23. The van der Waals surface area contributed by atoms with E-state index in [2.05, 4.69) is 0 Å². The van der Waals surface area contributed by atoms with E-state index in [1.165, 1.54) is 27.9 Å². The number of fused-ring (bicyclic) bond motifs is 2. The minimum Gasteiger partial charge on any atom is -0.478 e. The number of hydrogen-bond acceptors (Lipinski definition) is 6. The number of imide groups is 1. The maximum Gasteiger partial charge on any atom is 0.337 e. The molecule has 0 atom stereocenters. The first-order valence-corrected chi connectivity index (χ1v) is 13.0. The zero-order chi connectivity index (χ0) is 24.2. The quantitative estimate of drug-likeness (QED) is 0.525. The van der Waals surface area contributed by atoms with Gasteiger partial charge in [0, 0.05) is 16.8 Å². The van der Waals surface area contributed by atoms with Gasteiger partial charge in [0.1, 0.15) is 0 Å². The van der Waals surface area contributed by atoms with Crippen LogP contribution < -0.4 is 9.21 Å². The van der Waals surface area contributed by atoms with Crippen molar-refractivity contribution in [1.29, 1.82) is 0 Å². The molecule has 1 N–H and O–H groups in total. The highest BCUT2D eigenvalue weighted by atomic mass is 35.5. The number of thiophene rings is 1. The molecule has 0 aliphatic carbocycles. The largest absolute Gasteiger partial charge is 0.478 e. The van der Waals surface area contributed by atoms with E-state index in [9.17, 15) is 27.9 Å². The van der Waals surface area contributed by atoms with Crippen LogP contribution in [0.4, 0.5) is 11.4 Å². The van der Waals surface area contributed by atoms with Crippen LogP contribution in [0.1, 0.15) is 37.6 Å². The van der Waals surface area contributed by atoms with Crippen LogP contribution in [0.3, 0.4) is 0 Å². The van der Waals surface area contributed by atoms with Gasteiger partial charge in [-0.3, -0.25) is 13.9 Å². The van der Waals surface area contributed by atoms with E-state index < -0.39 is 27.8 Å². The Morgan fingerprint density at radius 2 is 1.85 bits per heavy atom. The monoisotopic (exact) mass is 516 g/mol. The number of carboxylic acids is 1. The third-order valence-electron chi connectivity index (χ3n) is 5.89. The third kappa shape index (κ3) is 3.49. The molecule has 0 saturated heterocycles. The van der Waals surface area contributed by atoms with Crippen LogP contribution in [0.15, 0.2) is 52.7 Å². The molecule has 0 bridgehead atoms. The fourth-order valence-corrected chi connectivity index (χ4v) is 7.07. The van der Waals surface area contributed by atoms with Gasteiger partial charge >= 0.3 is 5.97 Å². The first-order valence-electron chi connectivity index (χ1n) is 10.3. The number of hydrogen-bond donors (Lipinski definition) is 1. The van der Waals surface area contributed by atoms with Gasteiger partial charge in [0.05, 0.1) is 38.8 Å². The number of carbonyl (C=O) groups is 3. The first kappa shape index (κ1) is 22.6. The molecule has 11 heteroatoms. The molecule has 0 unspecified atom stereocenters. The number of rotatable bonds is 4. The summed E-state index contributed by atoms with van der Waals surface area (Å²) >= 11 is 7.34. The number of para-hydroxylation sites is 1. The van der Waals surface area contributed by atoms with E-state index in [1.54, 1.807) is 12.1 Å². The Kier molecular flexibility index (Phi) is 5.46. The number of aromatic carboxylic acids is 1. The number of benzene rings is 2. The summed E-state index contributed by atoms with van der Waals surface area (Å²) in [6, 6.07) is 11.1. The van der Waals surface area contributed by atoms with E-state index in [0.717, 1.165) is 28.2 Å². The summed E-state index contributed by atoms with van der Waals surface area (Å²) in [6.07, 6.45) is 1.23. The van der Waals surface area contributed by atoms with Crippen molar-refractivity contribution in [2.24, 2.45) is 0 Å². The molecule has 2 aliphatic rings. The number of carboxylic acid groups (broad SMARTS) is 1. The van der Waals surface area contributed by atoms with Gasteiger partial charge in [-0.2, -0.15) is 0 Å². The molecule has 0 spiro atoms. The minimum absolute atomic E-state index is 0.00440. The topological polar surface area (TPSA) is 112 Å². The zero-order valence-corrected chi connectivity index (χ0v) is 19.9. The number of carbonyl (C=O) groups excluding carboxylic acids is 2. The lowest BCUT2D eigenvalue weighted by Crippen LogP contribution is -2.43. The van der Waals surface area contributed by atoms with Crippen LogP contribution in [-0.4, -0.2) is 37.9 Å². The number of sulfonamides is 1. The minimum atomic E-state index is -4.03. The second-order valence-electron chi connectivity index (χ2n) is 7.89. The van der Waals surface area contributed by atoms with Gasteiger partial charge in [-0.05, 0) is 42.7 Å². The highest BCUT2D eigenvalue weighted by molar-refractivity contribution is 7.92. The van der Waals surface area contributed by atoms with Crippen molar-refractivity contribution in [3.8, 4) is 0 Å². The number of aryl methyl sites for hydroxylation is 1. The molecule has 1 aromatic heterocycles. The Hall–Kier alpha value is -3.21. The Labute approximate surface area is 204 Å². The van der Waals surface area contributed by atoms with Crippen LogP contribution in [0.5, 0.6) is 0 Å². The van der Waals surface area contributed by atoms with Gasteiger partial charge in [0.25, 0.3) is 15.9 Å². The average Bonchev–Trinajstić information content (AvgIpc) is 3.24. The molecule has 2 amide bonds. The van der Waals surface area contributed by atoms with Crippen LogP contribution in [0.2, 0.25) is 5.02 Å². The third-order valence-corrected chi connectivity index (χ3v) is 9.01. The molecule has 5 rings (SSSR count). The van der Waals surface area contributed by atoms with Gasteiger partial charge < -0.3 is 5.11 Å². The normalized spacial score (nSPS) is 15.8. The highest BCUT2D eigenvalue weighted by Gasteiger charge is 2.38. The van der Waals surface area contributed by atoms with E-state index in [1.807, 2.05) is 12.1 Å². The zero-order valence-electron chi connectivity index (χ0n) is 17.5. The molecule has 3 heterocycles. The molecule has 34 heavy (non-hydrogen) atoms. The van der Waals surface area contributed by atoms with Crippen LogP contribution in [-0.2, 0) is 27.7 Å². The Morgan fingerprint density at radius 3 is 2.62 bits per heavy atom. The van der Waals surface area contributed by atoms with Crippen LogP contribution >= 0.6 is 22.9 Å². The number of halogens is 1. The molecular formula is C23H17ClN2O6S2. The van der Waals surface area contributed by atoms with E-state index >= 15 is 0 Å². The van der Waals surface area contributed by atoms with Crippen LogP contribution in [0.25, 0.3) is 0 Å². The molecule has 174 valence electrons. The Balaban J connectivity index is 1.59. The van der Waals surface area contributed by atoms with Crippen molar-refractivity contribution in [1.82, 2.24) is 0 Å². The number of nitrogens with zero attached hydrogens (tertiary/aromatic N) is 2. The van der Waals surface area contributed by atoms with Crippen molar-refractivity contribution in [3.63, 3.8) is 0 Å². The predicted molar refractivity (Wildman–Crippen MR) is 128 cm³/mol. The summed E-state index contributed by atoms with van der Waals surface area (Å²) in [4.78, 5) is 38.7. The van der Waals surface area contributed by atoms with Crippen molar-refractivity contribution < 1.29 is 27.9 Å². The maximum atomic E-state index is 13.6. The smallest absolute Gasteiger partial charge is 0.337 e. The van der Waals surface area contributed by atoms with Crippen molar-refractivity contribution in [2.75, 3.05) is 15.7 Å². The summed E-state index contributed by atoms with van der Waals surface area (Å²) in [5.74, 6) is -2.74. The lowest BCUT2D eigenvalue weighted by molar-refractivity contribution is -0.117. The fourth-order valence-electron chi connectivity index (χ4n) is 4.31. The first-order chi connectivity index (χ1) is 16.2. The van der Waals surface area contributed by atoms with Crippen molar-refractivity contribution in [2.45, 2.75) is 24.2 Å². The molecule has 2 aromatic carbocycles. The lowest BCUT2D eigenvalue weighted by atomic mass is 10.0. The fraction of sp³-hybridized carbons (Fsp3) is 0.174. The lowest BCUT2D eigenvalue weighted by Gasteiger charge is -2.31. The standard InChI is InChI=1S/C23H17ClN2O6S2/c24-16-8-7-14(34(31,32)25-9-3-5-13-4-1-2-6-17(13)25)10-18(16)26-20(27)11-19-21(22(26)28)15(12-33-19)23(29)30/h1-2,4,6-8,10,12H,3,5,9,11H2,(H,29,30). The van der Waals surface area contributed by atoms with Crippen molar-refractivity contribution in [3.05, 3.63) is 74.4 Å². The SMILES string of the molecule is O=C(O)c1csc2c1C(=O)N(c1cc(S(=O)(=O)N3CCCc4ccccc43)ccc1Cl)C(=O)C2. The number of amides is 2. The molecule has 0 saturated carbocycles. The highest BCUT2D eigenvalue weighted by Crippen LogP contribution is 2.38. The van der Waals surface area contributed by atoms with Gasteiger partial charge in [-0.1, -0.05) is 29.8 Å². The summed E-state index contributed by atoms with van der Waals surface area (Å²) < 4.78 is 28.5. The van der Waals surface area contributed by atoms with Gasteiger partial charge in [-0.15, -0.1) is 11.3 Å². The molecule has 0 fully saturated rings. The van der Waals surface area contributed by atoms with E-state index in [-0.39, 0.29) is 33.2 Å². The Bertz CT molecular complexity index is 1480. The Morgan fingerprint density at radius 1 is 1.09 bits per heavy atom. The predicted octanol–water partition coefficient (Wildman–Crippen LogP) is 3.97. The molecular weight excluding hydrogens is 500 g/mol. The van der Waals surface area contributed by atoms with Crippen LogP contribution in [0, 0.1) is 0 Å². The molecule has 8 nitrogen and oxygen atoms in total. The second-order valence-corrected chi connectivity index (χ2v) is 11.1. The van der Waals surface area contributed by atoms with Crippen molar-refractivity contribution >= 4 is 62.1 Å². The molecule has 3 aromatic rings. The average molecular weight is 517 g/mol. The van der Waals surface area contributed by atoms with Gasteiger partial charge in [-0.25, -0.2) is 18.1 Å². The molecule has 2 aliphatic heterocycles.